The number of likely N-dealkylation sites (tertiary alicyclic amines) is 1. The molecular weight excluding hydrogens is 451 g/mol. The molecule has 0 saturated carbocycles. The van der Waals surface area contributed by atoms with Crippen LogP contribution in [0, 0.1) is 12.7 Å². The highest BCUT2D eigenvalue weighted by Crippen LogP contribution is 2.32. The van der Waals surface area contributed by atoms with E-state index in [2.05, 4.69) is 28.6 Å². The number of aromatic nitrogens is 3. The molecule has 1 amide bonds. The zero-order valence-electron chi connectivity index (χ0n) is 20.8. The molecular formula is C30H31FN4O. The van der Waals surface area contributed by atoms with Gasteiger partial charge < -0.3 is 9.47 Å². The molecule has 0 radical (unpaired) electrons. The van der Waals surface area contributed by atoms with Crippen LogP contribution in [0.2, 0.25) is 0 Å². The Morgan fingerprint density at radius 3 is 2.69 bits per heavy atom. The lowest BCUT2D eigenvalue weighted by molar-refractivity contribution is 0.0710. The van der Waals surface area contributed by atoms with Crippen LogP contribution in [0.3, 0.4) is 0 Å². The molecule has 36 heavy (non-hydrogen) atoms. The molecule has 1 aliphatic rings. The van der Waals surface area contributed by atoms with E-state index in [1.165, 1.54) is 6.07 Å². The third kappa shape index (κ3) is 4.81. The summed E-state index contributed by atoms with van der Waals surface area (Å²) < 4.78 is 16.1. The molecule has 4 aromatic rings. The monoisotopic (exact) mass is 482 g/mol. The van der Waals surface area contributed by atoms with Crippen LogP contribution in [0.25, 0.3) is 17.1 Å². The normalized spacial score (nSPS) is 14.7. The van der Waals surface area contributed by atoms with Crippen molar-refractivity contribution in [3.8, 4) is 0 Å². The van der Waals surface area contributed by atoms with E-state index in [-0.39, 0.29) is 17.6 Å². The van der Waals surface area contributed by atoms with Gasteiger partial charge in [-0.15, -0.1) is 0 Å². The highest BCUT2D eigenvalue weighted by atomic mass is 19.1. The Morgan fingerprint density at radius 1 is 1.11 bits per heavy atom. The van der Waals surface area contributed by atoms with Gasteiger partial charge in [-0.05, 0) is 62.1 Å². The molecule has 3 heterocycles. The summed E-state index contributed by atoms with van der Waals surface area (Å²) in [4.78, 5) is 24.8. The van der Waals surface area contributed by atoms with Crippen molar-refractivity contribution in [2.24, 2.45) is 0 Å². The van der Waals surface area contributed by atoms with Crippen LogP contribution in [0.4, 0.5) is 4.39 Å². The van der Waals surface area contributed by atoms with Gasteiger partial charge in [0.2, 0.25) is 0 Å². The van der Waals surface area contributed by atoms with Gasteiger partial charge in [-0.1, -0.05) is 43.3 Å². The van der Waals surface area contributed by atoms with E-state index in [9.17, 15) is 9.18 Å². The number of piperidine rings is 1. The first-order chi connectivity index (χ1) is 17.5. The van der Waals surface area contributed by atoms with Crippen molar-refractivity contribution < 1.29 is 9.18 Å². The van der Waals surface area contributed by atoms with Crippen molar-refractivity contribution in [3.63, 3.8) is 0 Å². The Bertz CT molecular complexity index is 1420. The first-order valence-electron chi connectivity index (χ1n) is 12.7. The van der Waals surface area contributed by atoms with Crippen molar-refractivity contribution in [3.05, 3.63) is 101 Å². The lowest BCUT2D eigenvalue weighted by Crippen LogP contribution is -2.38. The number of para-hydroxylation sites is 2. The van der Waals surface area contributed by atoms with Crippen LogP contribution < -0.4 is 0 Å². The molecule has 1 saturated heterocycles. The molecule has 0 spiro atoms. The second-order valence-electron chi connectivity index (χ2n) is 9.41. The second-order valence-corrected chi connectivity index (χ2v) is 9.41. The molecule has 0 bridgehead atoms. The first-order valence-corrected chi connectivity index (χ1v) is 12.7. The smallest absolute Gasteiger partial charge is 0.254 e. The minimum Gasteiger partial charge on any atom is -0.339 e. The molecule has 5 nitrogen and oxygen atoms in total. The maximum absolute atomic E-state index is 13.9. The van der Waals surface area contributed by atoms with E-state index < -0.39 is 0 Å². The summed E-state index contributed by atoms with van der Waals surface area (Å²) in [5, 5.41) is 0. The predicted molar refractivity (Wildman–Crippen MR) is 141 cm³/mol. The number of hydrogen-bond acceptors (Lipinski definition) is 3. The van der Waals surface area contributed by atoms with E-state index in [1.54, 1.807) is 18.3 Å². The van der Waals surface area contributed by atoms with Crippen LogP contribution >= 0.6 is 0 Å². The van der Waals surface area contributed by atoms with Gasteiger partial charge in [-0.3, -0.25) is 9.78 Å². The van der Waals surface area contributed by atoms with Gasteiger partial charge in [0.25, 0.3) is 5.91 Å². The number of allylic oxidation sites excluding steroid dienone is 1. The standard InChI is InChI=1S/C30H31FN4O/c1-3-4-10-25-21(2)32-16-13-26(25)30(36)34-17-14-23(15-18-34)29-33-27-11-5-6-12-28(27)35(29)20-22-8-7-9-24(31)19-22/h4-13,16,19,23H,3,14-15,17-18,20H2,1-2H3/b10-4-. The van der Waals surface area contributed by atoms with Crippen LogP contribution in [0.15, 0.2) is 66.9 Å². The van der Waals surface area contributed by atoms with Crippen LogP contribution in [-0.2, 0) is 6.54 Å². The third-order valence-corrected chi connectivity index (χ3v) is 7.00. The Balaban J connectivity index is 1.38. The highest BCUT2D eigenvalue weighted by Gasteiger charge is 2.29. The average molecular weight is 483 g/mol. The van der Waals surface area contributed by atoms with E-state index in [1.807, 2.05) is 48.2 Å². The minimum absolute atomic E-state index is 0.0583. The number of benzene rings is 2. The zero-order chi connectivity index (χ0) is 25.1. The van der Waals surface area contributed by atoms with Crippen molar-refractivity contribution in [1.82, 2.24) is 19.4 Å². The van der Waals surface area contributed by atoms with Crippen molar-refractivity contribution in [2.75, 3.05) is 13.1 Å². The number of carbonyl (C=O) groups is 1. The molecule has 0 N–H and O–H groups in total. The third-order valence-electron chi connectivity index (χ3n) is 7.00. The lowest BCUT2D eigenvalue weighted by Gasteiger charge is -2.32. The highest BCUT2D eigenvalue weighted by molar-refractivity contribution is 5.98. The number of fused-ring (bicyclic) bond motifs is 1. The lowest BCUT2D eigenvalue weighted by atomic mass is 9.94. The quantitative estimate of drug-likeness (QED) is 0.321. The molecule has 0 unspecified atom stereocenters. The van der Waals surface area contributed by atoms with E-state index >= 15 is 0 Å². The molecule has 0 aliphatic carbocycles. The zero-order valence-corrected chi connectivity index (χ0v) is 20.8. The summed E-state index contributed by atoms with van der Waals surface area (Å²) >= 11 is 0. The predicted octanol–water partition coefficient (Wildman–Crippen LogP) is 6.37. The molecule has 5 rings (SSSR count). The Morgan fingerprint density at radius 2 is 1.92 bits per heavy atom. The molecule has 0 atom stereocenters. The second kappa shape index (κ2) is 10.4. The SMILES string of the molecule is CC/C=C\c1c(C(=O)N2CCC(c3nc4ccccc4n3Cc3cccc(F)c3)CC2)ccnc1C. The first kappa shape index (κ1) is 23.9. The van der Waals surface area contributed by atoms with Gasteiger partial charge in [0, 0.05) is 43.0 Å². The molecule has 184 valence electrons. The Labute approximate surface area is 211 Å². The van der Waals surface area contributed by atoms with E-state index in [0.717, 1.165) is 52.9 Å². The molecule has 1 fully saturated rings. The van der Waals surface area contributed by atoms with Gasteiger partial charge in [-0.2, -0.15) is 0 Å². The molecule has 2 aromatic heterocycles. The molecule has 2 aromatic carbocycles. The van der Waals surface area contributed by atoms with E-state index in [4.69, 9.17) is 4.98 Å². The fourth-order valence-corrected chi connectivity index (χ4v) is 5.11. The number of pyridine rings is 1. The van der Waals surface area contributed by atoms with Gasteiger partial charge >= 0.3 is 0 Å². The molecule has 1 aliphatic heterocycles. The Hall–Kier alpha value is -3.80. The summed E-state index contributed by atoms with van der Waals surface area (Å²) in [5.74, 6) is 1.07. The number of carbonyl (C=O) groups excluding carboxylic acids is 1. The topological polar surface area (TPSA) is 51.0 Å². The summed E-state index contributed by atoms with van der Waals surface area (Å²) in [5.41, 5.74) is 5.39. The van der Waals surface area contributed by atoms with Gasteiger partial charge in [-0.25, -0.2) is 9.37 Å². The number of rotatable bonds is 6. The largest absolute Gasteiger partial charge is 0.339 e. The molecule has 6 heteroatoms. The summed E-state index contributed by atoms with van der Waals surface area (Å²) in [6.45, 7) is 5.93. The van der Waals surface area contributed by atoms with Gasteiger partial charge in [0.15, 0.2) is 0 Å². The van der Waals surface area contributed by atoms with Crippen LogP contribution in [0.5, 0.6) is 0 Å². The number of imidazole rings is 1. The maximum atomic E-state index is 13.9. The van der Waals surface area contributed by atoms with Crippen molar-refractivity contribution in [2.45, 2.75) is 45.6 Å². The van der Waals surface area contributed by atoms with Gasteiger partial charge in [0.1, 0.15) is 11.6 Å². The number of halogens is 1. The summed E-state index contributed by atoms with van der Waals surface area (Å²) in [6.07, 6.45) is 8.37. The van der Waals surface area contributed by atoms with Crippen LogP contribution in [-0.4, -0.2) is 38.4 Å². The number of amides is 1. The van der Waals surface area contributed by atoms with Crippen LogP contribution in [0.1, 0.15) is 65.1 Å². The summed E-state index contributed by atoms with van der Waals surface area (Å²) in [7, 11) is 0. The van der Waals surface area contributed by atoms with E-state index in [0.29, 0.717) is 25.2 Å². The van der Waals surface area contributed by atoms with Crippen molar-refractivity contribution >= 4 is 23.0 Å². The number of hydrogen-bond donors (Lipinski definition) is 0. The minimum atomic E-state index is -0.232. The maximum Gasteiger partial charge on any atom is 0.254 e. The number of aryl methyl sites for hydroxylation is 1. The van der Waals surface area contributed by atoms with Crippen molar-refractivity contribution in [1.29, 1.82) is 0 Å². The fraction of sp³-hybridized carbons (Fsp3) is 0.300. The average Bonchev–Trinajstić information content (AvgIpc) is 3.26. The van der Waals surface area contributed by atoms with Gasteiger partial charge in [0.05, 0.1) is 16.6 Å². The fourth-order valence-electron chi connectivity index (χ4n) is 5.11. The number of nitrogens with zero attached hydrogens (tertiary/aromatic N) is 4. The summed E-state index contributed by atoms with van der Waals surface area (Å²) in [6, 6.07) is 16.7. The Kier molecular flexibility index (Phi) is 6.94.